The van der Waals surface area contributed by atoms with Crippen LogP contribution in [0.3, 0.4) is 0 Å². The summed E-state index contributed by atoms with van der Waals surface area (Å²) in [6.45, 7) is 1.63. The number of carbonyl (C=O) groups excluding carboxylic acids is 1. The third-order valence-corrected chi connectivity index (χ3v) is 2.30. The quantitative estimate of drug-likeness (QED) is 0.538. The van der Waals surface area contributed by atoms with Gasteiger partial charge >= 0.3 is 0 Å². The first-order chi connectivity index (χ1) is 8.72. The molecule has 3 N–H and O–H groups in total. The van der Waals surface area contributed by atoms with E-state index in [0.29, 0.717) is 37.6 Å². The lowest BCUT2D eigenvalue weighted by Crippen LogP contribution is -2.26. The lowest BCUT2D eigenvalue weighted by Gasteiger charge is -2.07. The number of hydrogen-bond donors (Lipinski definition) is 2. The van der Waals surface area contributed by atoms with Crippen molar-refractivity contribution in [2.24, 2.45) is 0 Å². The molecule has 0 fully saturated rings. The molecule has 5 heteroatoms. The molecule has 0 bridgehead atoms. The number of anilines is 1. The van der Waals surface area contributed by atoms with Gasteiger partial charge in [-0.15, -0.1) is 0 Å². The molecular weight excluding hydrogens is 232 g/mol. The highest BCUT2D eigenvalue weighted by atomic mass is 16.5. The Morgan fingerprint density at radius 3 is 2.94 bits per heavy atom. The van der Waals surface area contributed by atoms with E-state index in [0.717, 1.165) is 6.42 Å². The highest BCUT2D eigenvalue weighted by molar-refractivity contribution is 5.75. The summed E-state index contributed by atoms with van der Waals surface area (Å²) in [5.41, 5.74) is 6.26. The summed E-state index contributed by atoms with van der Waals surface area (Å²) in [5, 5.41) is 2.79. The molecule has 0 radical (unpaired) electrons. The van der Waals surface area contributed by atoms with Gasteiger partial charge in [0.25, 0.3) is 0 Å². The van der Waals surface area contributed by atoms with E-state index in [1.165, 1.54) is 0 Å². The Morgan fingerprint density at radius 1 is 1.39 bits per heavy atom. The van der Waals surface area contributed by atoms with Crippen LogP contribution in [-0.2, 0) is 9.53 Å². The number of benzene rings is 1. The van der Waals surface area contributed by atoms with Gasteiger partial charge in [-0.3, -0.25) is 4.79 Å². The predicted octanol–water partition coefficient (Wildman–Crippen LogP) is 1.19. The van der Waals surface area contributed by atoms with Crippen molar-refractivity contribution >= 4 is 11.6 Å². The summed E-state index contributed by atoms with van der Waals surface area (Å²) in [7, 11) is 1.64. The molecule has 5 nitrogen and oxygen atoms in total. The Labute approximate surface area is 107 Å². The maximum Gasteiger partial charge on any atom is 0.223 e. The molecule has 0 spiro atoms. The second kappa shape index (κ2) is 8.36. The largest absolute Gasteiger partial charge is 0.493 e. The van der Waals surface area contributed by atoms with E-state index in [2.05, 4.69) is 5.32 Å². The van der Waals surface area contributed by atoms with Gasteiger partial charge in [-0.05, 0) is 18.6 Å². The van der Waals surface area contributed by atoms with Gasteiger partial charge in [0.15, 0.2) is 0 Å². The first-order valence-electron chi connectivity index (χ1n) is 5.96. The van der Waals surface area contributed by atoms with Crippen molar-refractivity contribution in [2.75, 3.05) is 32.6 Å². The van der Waals surface area contributed by atoms with Gasteiger partial charge in [0.1, 0.15) is 5.75 Å². The average molecular weight is 252 g/mol. The van der Waals surface area contributed by atoms with E-state index in [1.807, 2.05) is 12.1 Å². The summed E-state index contributed by atoms with van der Waals surface area (Å²) < 4.78 is 10.3. The SMILES string of the molecule is COCCCNC(=O)CCOc1cccc(N)c1. The zero-order valence-corrected chi connectivity index (χ0v) is 10.6. The number of methoxy groups -OCH3 is 1. The summed E-state index contributed by atoms with van der Waals surface area (Å²) in [6.07, 6.45) is 1.15. The van der Waals surface area contributed by atoms with Crippen molar-refractivity contribution in [3.8, 4) is 5.75 Å². The van der Waals surface area contributed by atoms with Crippen LogP contribution in [0.2, 0.25) is 0 Å². The number of nitrogens with two attached hydrogens (primary N) is 1. The van der Waals surface area contributed by atoms with Crippen molar-refractivity contribution < 1.29 is 14.3 Å². The molecule has 1 amide bonds. The van der Waals surface area contributed by atoms with E-state index >= 15 is 0 Å². The molecule has 0 aliphatic rings. The van der Waals surface area contributed by atoms with Crippen LogP contribution < -0.4 is 15.8 Å². The van der Waals surface area contributed by atoms with Crippen molar-refractivity contribution in [1.82, 2.24) is 5.32 Å². The monoisotopic (exact) mass is 252 g/mol. The van der Waals surface area contributed by atoms with E-state index in [9.17, 15) is 4.79 Å². The molecule has 1 aromatic carbocycles. The molecule has 18 heavy (non-hydrogen) atoms. The van der Waals surface area contributed by atoms with E-state index in [4.69, 9.17) is 15.2 Å². The number of ether oxygens (including phenoxy) is 2. The van der Waals surface area contributed by atoms with Crippen molar-refractivity contribution in [3.63, 3.8) is 0 Å². The first kappa shape index (κ1) is 14.3. The molecule has 0 aromatic heterocycles. The summed E-state index contributed by atoms with van der Waals surface area (Å²) in [5.74, 6) is 0.664. The average Bonchev–Trinajstić information content (AvgIpc) is 2.35. The number of amides is 1. The Hall–Kier alpha value is -1.75. The molecule has 0 heterocycles. The molecule has 0 unspecified atom stereocenters. The predicted molar refractivity (Wildman–Crippen MR) is 70.5 cm³/mol. The van der Waals surface area contributed by atoms with Gasteiger partial charge in [0.2, 0.25) is 5.91 Å². The normalized spacial score (nSPS) is 10.1. The van der Waals surface area contributed by atoms with Crippen LogP contribution in [0.1, 0.15) is 12.8 Å². The standard InChI is InChI=1S/C13H20N2O3/c1-17-8-3-7-15-13(16)6-9-18-12-5-2-4-11(14)10-12/h2,4-5,10H,3,6-9,14H2,1H3,(H,15,16). The van der Waals surface area contributed by atoms with Gasteiger partial charge in [-0.2, -0.15) is 0 Å². The van der Waals surface area contributed by atoms with E-state index in [-0.39, 0.29) is 5.91 Å². The third kappa shape index (κ3) is 6.10. The summed E-state index contributed by atoms with van der Waals surface area (Å²) in [4.78, 5) is 11.4. The number of rotatable bonds is 8. The Kier molecular flexibility index (Phi) is 6.64. The highest BCUT2D eigenvalue weighted by Crippen LogP contribution is 2.14. The molecule has 1 aromatic rings. The van der Waals surface area contributed by atoms with Crippen LogP contribution in [0, 0.1) is 0 Å². The van der Waals surface area contributed by atoms with Crippen LogP contribution in [0.5, 0.6) is 5.75 Å². The van der Waals surface area contributed by atoms with Crippen molar-refractivity contribution in [2.45, 2.75) is 12.8 Å². The van der Waals surface area contributed by atoms with Crippen molar-refractivity contribution in [3.05, 3.63) is 24.3 Å². The topological polar surface area (TPSA) is 73.6 Å². The molecule has 0 saturated heterocycles. The fraction of sp³-hybridized carbons (Fsp3) is 0.462. The maximum absolute atomic E-state index is 11.4. The van der Waals surface area contributed by atoms with Gasteiger partial charge in [-0.1, -0.05) is 6.07 Å². The third-order valence-electron chi connectivity index (χ3n) is 2.30. The van der Waals surface area contributed by atoms with E-state index < -0.39 is 0 Å². The fourth-order valence-electron chi connectivity index (χ4n) is 1.40. The van der Waals surface area contributed by atoms with Crippen molar-refractivity contribution in [1.29, 1.82) is 0 Å². The number of nitrogens with one attached hydrogen (secondary N) is 1. The first-order valence-corrected chi connectivity index (χ1v) is 5.96. The summed E-state index contributed by atoms with van der Waals surface area (Å²) >= 11 is 0. The van der Waals surface area contributed by atoms with Crippen LogP contribution in [0.4, 0.5) is 5.69 Å². The molecule has 0 aliphatic carbocycles. The molecule has 1 rings (SSSR count). The van der Waals surface area contributed by atoms with E-state index in [1.54, 1.807) is 19.2 Å². The van der Waals surface area contributed by atoms with Gasteiger partial charge < -0.3 is 20.5 Å². The van der Waals surface area contributed by atoms with Crippen LogP contribution in [0.15, 0.2) is 24.3 Å². The zero-order valence-electron chi connectivity index (χ0n) is 10.6. The maximum atomic E-state index is 11.4. The van der Waals surface area contributed by atoms with Crippen LogP contribution in [0.25, 0.3) is 0 Å². The molecule has 0 atom stereocenters. The minimum absolute atomic E-state index is 0.0185. The van der Waals surface area contributed by atoms with Crippen LogP contribution in [-0.4, -0.2) is 32.8 Å². The van der Waals surface area contributed by atoms with Gasteiger partial charge in [-0.25, -0.2) is 0 Å². The number of carbonyl (C=O) groups is 1. The number of nitrogen functional groups attached to an aromatic ring is 1. The minimum Gasteiger partial charge on any atom is -0.493 e. The summed E-state index contributed by atoms with van der Waals surface area (Å²) in [6, 6.07) is 7.15. The molecule has 0 aliphatic heterocycles. The van der Waals surface area contributed by atoms with Gasteiger partial charge in [0, 0.05) is 32.0 Å². The zero-order chi connectivity index (χ0) is 13.2. The molecular formula is C13H20N2O3. The van der Waals surface area contributed by atoms with Crippen LogP contribution >= 0.6 is 0 Å². The Balaban J connectivity index is 2.12. The Morgan fingerprint density at radius 2 is 2.22 bits per heavy atom. The second-order valence-electron chi connectivity index (χ2n) is 3.87. The molecule has 0 saturated carbocycles. The second-order valence-corrected chi connectivity index (χ2v) is 3.87. The smallest absolute Gasteiger partial charge is 0.223 e. The lowest BCUT2D eigenvalue weighted by atomic mass is 10.3. The minimum atomic E-state index is -0.0185. The molecule has 100 valence electrons. The van der Waals surface area contributed by atoms with Gasteiger partial charge in [0.05, 0.1) is 13.0 Å². The lowest BCUT2D eigenvalue weighted by molar-refractivity contribution is -0.121. The number of hydrogen-bond acceptors (Lipinski definition) is 4. The fourth-order valence-corrected chi connectivity index (χ4v) is 1.40. The highest BCUT2D eigenvalue weighted by Gasteiger charge is 2.01. The Bertz CT molecular complexity index is 369.